The second-order valence-electron chi connectivity index (χ2n) is 3.97. The number of hydrogen-bond donors (Lipinski definition) is 1. The highest BCUT2D eigenvalue weighted by molar-refractivity contribution is 6.30. The maximum absolute atomic E-state index is 5.90. The summed E-state index contributed by atoms with van der Waals surface area (Å²) in [7, 11) is 0. The standard InChI is InChI=1S/C13H20ClNO/c1-4-16-11(3)8-15-9-12-5-6-13(14)7-10(12)2/h5-7,11,15H,4,8-9H2,1-3H3. The van der Waals surface area contributed by atoms with Crippen molar-refractivity contribution in [2.24, 2.45) is 0 Å². The molecular weight excluding hydrogens is 222 g/mol. The number of hydrogen-bond acceptors (Lipinski definition) is 2. The minimum absolute atomic E-state index is 0.262. The number of nitrogens with one attached hydrogen (secondary N) is 1. The van der Waals surface area contributed by atoms with Crippen molar-refractivity contribution in [3.63, 3.8) is 0 Å². The van der Waals surface area contributed by atoms with Crippen molar-refractivity contribution in [1.82, 2.24) is 5.32 Å². The van der Waals surface area contributed by atoms with E-state index in [-0.39, 0.29) is 6.10 Å². The van der Waals surface area contributed by atoms with Gasteiger partial charge in [0.2, 0.25) is 0 Å². The summed E-state index contributed by atoms with van der Waals surface area (Å²) in [5, 5.41) is 4.17. The molecule has 0 radical (unpaired) electrons. The van der Waals surface area contributed by atoms with Crippen LogP contribution in [0, 0.1) is 6.92 Å². The maximum Gasteiger partial charge on any atom is 0.0671 e. The predicted octanol–water partition coefficient (Wildman–Crippen LogP) is 3.16. The van der Waals surface area contributed by atoms with Crippen molar-refractivity contribution in [1.29, 1.82) is 0 Å². The van der Waals surface area contributed by atoms with Crippen LogP contribution in [-0.2, 0) is 11.3 Å². The average molecular weight is 242 g/mol. The van der Waals surface area contributed by atoms with Crippen LogP contribution in [0.5, 0.6) is 0 Å². The Morgan fingerprint density at radius 3 is 2.81 bits per heavy atom. The van der Waals surface area contributed by atoms with Crippen molar-refractivity contribution in [2.45, 2.75) is 33.4 Å². The first-order valence-corrected chi connectivity index (χ1v) is 6.08. The van der Waals surface area contributed by atoms with Gasteiger partial charge < -0.3 is 10.1 Å². The zero-order chi connectivity index (χ0) is 12.0. The number of rotatable bonds is 6. The summed E-state index contributed by atoms with van der Waals surface area (Å²) in [6.07, 6.45) is 0.262. The van der Waals surface area contributed by atoms with Crippen LogP contribution >= 0.6 is 11.6 Å². The van der Waals surface area contributed by atoms with Crippen molar-refractivity contribution in [3.05, 3.63) is 34.3 Å². The quantitative estimate of drug-likeness (QED) is 0.826. The molecule has 1 atom stereocenters. The van der Waals surface area contributed by atoms with E-state index in [4.69, 9.17) is 16.3 Å². The second-order valence-corrected chi connectivity index (χ2v) is 4.40. The molecule has 0 heterocycles. The third-order valence-electron chi connectivity index (χ3n) is 2.50. The number of ether oxygens (including phenoxy) is 1. The minimum Gasteiger partial charge on any atom is -0.377 e. The van der Waals surface area contributed by atoms with Crippen LogP contribution in [0.4, 0.5) is 0 Å². The average Bonchev–Trinajstić information content (AvgIpc) is 2.22. The molecule has 0 saturated carbocycles. The molecule has 0 aromatic heterocycles. The van der Waals surface area contributed by atoms with Gasteiger partial charge in [0.05, 0.1) is 6.10 Å². The fourth-order valence-corrected chi connectivity index (χ4v) is 1.84. The van der Waals surface area contributed by atoms with Gasteiger partial charge in [-0.2, -0.15) is 0 Å². The SMILES string of the molecule is CCOC(C)CNCc1ccc(Cl)cc1C. The summed E-state index contributed by atoms with van der Waals surface area (Å²) in [4.78, 5) is 0. The Hall–Kier alpha value is -0.570. The summed E-state index contributed by atoms with van der Waals surface area (Å²) >= 11 is 5.90. The fourth-order valence-electron chi connectivity index (χ4n) is 1.61. The molecule has 1 aromatic carbocycles. The monoisotopic (exact) mass is 241 g/mol. The molecule has 90 valence electrons. The smallest absolute Gasteiger partial charge is 0.0671 e. The van der Waals surface area contributed by atoms with E-state index in [2.05, 4.69) is 25.2 Å². The van der Waals surface area contributed by atoms with Crippen molar-refractivity contribution >= 4 is 11.6 Å². The molecule has 0 saturated heterocycles. The van der Waals surface area contributed by atoms with Crippen LogP contribution < -0.4 is 5.32 Å². The van der Waals surface area contributed by atoms with Crippen LogP contribution in [0.15, 0.2) is 18.2 Å². The van der Waals surface area contributed by atoms with Gasteiger partial charge >= 0.3 is 0 Å². The fraction of sp³-hybridized carbons (Fsp3) is 0.538. The first kappa shape index (κ1) is 13.5. The maximum atomic E-state index is 5.90. The lowest BCUT2D eigenvalue weighted by atomic mass is 10.1. The first-order chi connectivity index (χ1) is 7.63. The zero-order valence-corrected chi connectivity index (χ0v) is 11.0. The van der Waals surface area contributed by atoms with Crippen LogP contribution in [-0.4, -0.2) is 19.3 Å². The Kier molecular flexibility index (Phi) is 5.81. The van der Waals surface area contributed by atoms with E-state index in [1.165, 1.54) is 11.1 Å². The van der Waals surface area contributed by atoms with Crippen molar-refractivity contribution < 1.29 is 4.74 Å². The van der Waals surface area contributed by atoms with Gasteiger partial charge in [-0.3, -0.25) is 0 Å². The summed E-state index contributed by atoms with van der Waals surface area (Å²) < 4.78 is 5.45. The van der Waals surface area contributed by atoms with Gasteiger partial charge in [0.15, 0.2) is 0 Å². The molecule has 16 heavy (non-hydrogen) atoms. The molecule has 0 bridgehead atoms. The molecule has 0 aliphatic rings. The third kappa shape index (κ3) is 4.52. The van der Waals surface area contributed by atoms with Crippen LogP contribution in [0.2, 0.25) is 5.02 Å². The molecule has 1 N–H and O–H groups in total. The van der Waals surface area contributed by atoms with Gasteiger partial charge in [-0.25, -0.2) is 0 Å². The van der Waals surface area contributed by atoms with Crippen LogP contribution in [0.1, 0.15) is 25.0 Å². The second kappa shape index (κ2) is 6.89. The predicted molar refractivity (Wildman–Crippen MR) is 69.0 cm³/mol. The zero-order valence-electron chi connectivity index (χ0n) is 10.2. The molecule has 2 nitrogen and oxygen atoms in total. The van der Waals surface area contributed by atoms with Gasteiger partial charge in [0, 0.05) is 24.7 Å². The Balaban J connectivity index is 2.37. The molecule has 0 aliphatic carbocycles. The van der Waals surface area contributed by atoms with E-state index >= 15 is 0 Å². The topological polar surface area (TPSA) is 21.3 Å². The Labute approximate surface area is 103 Å². The lowest BCUT2D eigenvalue weighted by molar-refractivity contribution is 0.0759. The Morgan fingerprint density at radius 2 is 2.19 bits per heavy atom. The summed E-state index contributed by atoms with van der Waals surface area (Å²) in [6, 6.07) is 5.98. The molecule has 0 amide bonds. The van der Waals surface area contributed by atoms with Crippen molar-refractivity contribution in [2.75, 3.05) is 13.2 Å². The molecule has 0 spiro atoms. The number of aryl methyl sites for hydroxylation is 1. The van der Waals surface area contributed by atoms with Gasteiger partial charge in [0.1, 0.15) is 0 Å². The highest BCUT2D eigenvalue weighted by atomic mass is 35.5. The summed E-state index contributed by atoms with van der Waals surface area (Å²) in [6.45, 7) is 8.67. The van der Waals surface area contributed by atoms with E-state index in [0.29, 0.717) is 0 Å². The third-order valence-corrected chi connectivity index (χ3v) is 2.74. The van der Waals surface area contributed by atoms with E-state index in [1.807, 2.05) is 19.1 Å². The Bertz CT molecular complexity index is 328. The Morgan fingerprint density at radius 1 is 1.44 bits per heavy atom. The normalized spacial score (nSPS) is 12.8. The number of halogens is 1. The molecular formula is C13H20ClNO. The first-order valence-electron chi connectivity index (χ1n) is 5.70. The minimum atomic E-state index is 0.262. The molecule has 1 rings (SSSR count). The molecule has 1 aromatic rings. The molecule has 1 unspecified atom stereocenters. The lowest BCUT2D eigenvalue weighted by Gasteiger charge is -2.13. The van der Waals surface area contributed by atoms with E-state index in [9.17, 15) is 0 Å². The van der Waals surface area contributed by atoms with E-state index in [1.54, 1.807) is 0 Å². The van der Waals surface area contributed by atoms with Crippen LogP contribution in [0.3, 0.4) is 0 Å². The molecule has 0 aliphatic heterocycles. The lowest BCUT2D eigenvalue weighted by Crippen LogP contribution is -2.26. The van der Waals surface area contributed by atoms with E-state index in [0.717, 1.165) is 24.7 Å². The van der Waals surface area contributed by atoms with Crippen molar-refractivity contribution in [3.8, 4) is 0 Å². The number of benzene rings is 1. The highest BCUT2D eigenvalue weighted by Crippen LogP contribution is 2.14. The van der Waals surface area contributed by atoms with Gasteiger partial charge in [-0.15, -0.1) is 0 Å². The molecule has 0 fully saturated rings. The largest absolute Gasteiger partial charge is 0.377 e. The van der Waals surface area contributed by atoms with Crippen LogP contribution in [0.25, 0.3) is 0 Å². The van der Waals surface area contributed by atoms with Gasteiger partial charge in [-0.1, -0.05) is 17.7 Å². The summed E-state index contributed by atoms with van der Waals surface area (Å²) in [5.41, 5.74) is 2.51. The van der Waals surface area contributed by atoms with E-state index < -0.39 is 0 Å². The van der Waals surface area contributed by atoms with Gasteiger partial charge in [0.25, 0.3) is 0 Å². The molecule has 3 heteroatoms. The highest BCUT2D eigenvalue weighted by Gasteiger charge is 2.02. The van der Waals surface area contributed by atoms with Gasteiger partial charge in [-0.05, 0) is 44.0 Å². The summed E-state index contributed by atoms with van der Waals surface area (Å²) in [5.74, 6) is 0.